The molecule has 0 saturated heterocycles. The minimum absolute atomic E-state index is 0.954. The zero-order chi connectivity index (χ0) is 45.8. The minimum Gasteiger partial charge on any atom is -0.248 e. The van der Waals surface area contributed by atoms with Gasteiger partial charge in [-0.05, 0) is 128 Å². The Bertz CT molecular complexity index is 3780. The Labute approximate surface area is 409 Å². The molecular formula is C60H46N2S4Si. The highest BCUT2D eigenvalue weighted by Gasteiger charge is 2.19. The molecule has 67 heavy (non-hydrogen) atoms. The lowest BCUT2D eigenvalue weighted by Gasteiger charge is -2.06. The highest BCUT2D eigenvalue weighted by atomic mass is 32.1. The van der Waals surface area contributed by atoms with E-state index >= 15 is 0 Å². The summed E-state index contributed by atoms with van der Waals surface area (Å²) in [5.41, 5.74) is 21.3. The fraction of sp³-hybridized carbons (Fsp3) is 0.100. The molecule has 0 fully saturated rings. The van der Waals surface area contributed by atoms with Gasteiger partial charge in [-0.1, -0.05) is 127 Å². The molecule has 0 aliphatic carbocycles. The van der Waals surface area contributed by atoms with Crippen molar-refractivity contribution in [3.8, 4) is 56.0 Å². The fourth-order valence-corrected chi connectivity index (χ4v) is 13.5. The molecule has 2 aliphatic heterocycles. The molecule has 11 rings (SSSR count). The Morgan fingerprint density at radius 3 is 0.851 bits per heavy atom. The first kappa shape index (κ1) is 43.1. The predicted octanol–water partition coefficient (Wildman–Crippen LogP) is 18.5. The van der Waals surface area contributed by atoms with E-state index in [-0.39, 0.29) is 0 Å². The molecule has 12 bridgehead atoms. The Morgan fingerprint density at radius 1 is 0.328 bits per heavy atom. The summed E-state index contributed by atoms with van der Waals surface area (Å²) in [6.07, 6.45) is 8.85. The maximum atomic E-state index is 5.56. The second-order valence-electron chi connectivity index (χ2n) is 18.3. The SMILES string of the molecule is Cc1ccc(-c2c3nc(c(-c4ccc(C)cc4)c4ccc(s4)c4ccc(s4)c(-c4ccc(C#C[Si](C)(C)C)cc4)c4nc(c(-c5ccc(C)cc5)c5ccc(s5)c5ccc2s5)C=C4)C=C3)cc1. The minimum atomic E-state index is -1.53. The van der Waals surface area contributed by atoms with E-state index in [4.69, 9.17) is 9.97 Å². The molecule has 0 atom stereocenters. The normalized spacial score (nSPS) is 12.1. The summed E-state index contributed by atoms with van der Waals surface area (Å²) in [6.45, 7) is 13.3. The average Bonchev–Trinajstić information content (AvgIpc) is 4.19. The van der Waals surface area contributed by atoms with Crippen LogP contribution in [-0.4, -0.2) is 18.0 Å². The monoisotopic (exact) mass is 950 g/mol. The van der Waals surface area contributed by atoms with Crippen LogP contribution in [0.3, 0.4) is 0 Å². The third-order valence-electron chi connectivity index (χ3n) is 12.0. The van der Waals surface area contributed by atoms with Crippen LogP contribution in [0.25, 0.3) is 106 Å². The summed E-state index contributed by atoms with van der Waals surface area (Å²) in [5, 5.41) is 0. The summed E-state index contributed by atoms with van der Waals surface area (Å²) in [4.78, 5) is 11.1. The van der Waals surface area contributed by atoms with Crippen LogP contribution in [0, 0.1) is 32.2 Å². The summed E-state index contributed by atoms with van der Waals surface area (Å²) < 4.78 is 9.62. The maximum Gasteiger partial charge on any atom is 0.129 e. The molecule has 0 unspecified atom stereocenters. The van der Waals surface area contributed by atoms with Crippen molar-refractivity contribution in [3.05, 3.63) is 191 Å². The third kappa shape index (κ3) is 8.80. The zero-order valence-corrected chi connectivity index (χ0v) is 42.5. The average molecular weight is 951 g/mol. The molecule has 5 aromatic heterocycles. The number of rotatable bonds is 4. The number of fused-ring (bicyclic) bond motifs is 14. The molecule has 7 heterocycles. The van der Waals surface area contributed by atoms with E-state index in [1.165, 1.54) is 54.3 Å². The van der Waals surface area contributed by atoms with E-state index in [0.717, 1.165) is 72.8 Å². The number of benzene rings is 4. The number of aryl methyl sites for hydroxylation is 3. The summed E-state index contributed by atoms with van der Waals surface area (Å²) in [5.74, 6) is 3.46. The van der Waals surface area contributed by atoms with Crippen molar-refractivity contribution in [2.75, 3.05) is 0 Å². The van der Waals surface area contributed by atoms with Gasteiger partial charge in [0.15, 0.2) is 0 Å². The van der Waals surface area contributed by atoms with E-state index in [9.17, 15) is 0 Å². The van der Waals surface area contributed by atoms with Gasteiger partial charge in [-0.2, -0.15) is 0 Å². The van der Waals surface area contributed by atoms with Crippen LogP contribution in [0.5, 0.6) is 0 Å². The molecule has 2 aliphatic rings. The second kappa shape index (κ2) is 17.6. The van der Waals surface area contributed by atoms with Gasteiger partial charge in [-0.15, -0.1) is 50.9 Å². The first-order chi connectivity index (χ1) is 32.5. The lowest BCUT2D eigenvalue weighted by molar-refractivity contribution is 1.33. The van der Waals surface area contributed by atoms with Crippen molar-refractivity contribution in [1.29, 1.82) is 0 Å². The van der Waals surface area contributed by atoms with E-state index in [2.05, 4.69) is 222 Å². The van der Waals surface area contributed by atoms with Crippen molar-refractivity contribution in [1.82, 2.24) is 9.97 Å². The van der Waals surface area contributed by atoms with Gasteiger partial charge in [-0.25, -0.2) is 9.97 Å². The van der Waals surface area contributed by atoms with Gasteiger partial charge in [-0.3, -0.25) is 0 Å². The van der Waals surface area contributed by atoms with Gasteiger partial charge < -0.3 is 0 Å². The molecular weight excluding hydrogens is 905 g/mol. The summed E-state index contributed by atoms with van der Waals surface area (Å²) >= 11 is 7.31. The predicted molar refractivity (Wildman–Crippen MR) is 300 cm³/mol. The lowest BCUT2D eigenvalue weighted by atomic mass is 10.0. The summed E-state index contributed by atoms with van der Waals surface area (Å²) in [6, 6.07) is 53.7. The van der Waals surface area contributed by atoms with Crippen molar-refractivity contribution in [2.24, 2.45) is 0 Å². The maximum absolute atomic E-state index is 5.56. The van der Waals surface area contributed by atoms with Crippen molar-refractivity contribution >= 4 is 115 Å². The van der Waals surface area contributed by atoms with Gasteiger partial charge in [0.25, 0.3) is 0 Å². The van der Waals surface area contributed by atoms with Crippen molar-refractivity contribution in [2.45, 2.75) is 40.4 Å². The molecule has 9 aromatic rings. The number of hydrogen-bond donors (Lipinski definition) is 0. The number of thiophene rings is 4. The third-order valence-corrected chi connectivity index (χ3v) is 17.7. The van der Waals surface area contributed by atoms with Gasteiger partial charge in [0.1, 0.15) is 8.07 Å². The standard InChI is InChI=1S/C60H46N2S4Si/c1-37-7-15-41(16-8-37)57-45-23-24-46(61-45)58(42-17-9-38(2)10-18-42)54-33-29-51(65-54)52-30-34-56(66-52)60(44-21-13-40(14-22-44)35-36-67(4,5)6)48-26-25-47(62-48)59(43-19-11-39(3)12-20-43)55-32-28-50(64-55)49-27-31-53(57)63-49/h7-34H,1-6H3. The van der Waals surface area contributed by atoms with Crippen LogP contribution < -0.4 is 0 Å². The molecule has 0 spiro atoms. The Balaban J connectivity index is 1.25. The van der Waals surface area contributed by atoms with Crippen LogP contribution in [0.4, 0.5) is 0 Å². The van der Waals surface area contributed by atoms with Crippen molar-refractivity contribution in [3.63, 3.8) is 0 Å². The highest BCUT2D eigenvalue weighted by Crippen LogP contribution is 2.43. The zero-order valence-electron chi connectivity index (χ0n) is 38.2. The molecule has 2 nitrogen and oxygen atoms in total. The van der Waals surface area contributed by atoms with Gasteiger partial charge in [0.05, 0.1) is 22.8 Å². The lowest BCUT2D eigenvalue weighted by Crippen LogP contribution is -2.16. The van der Waals surface area contributed by atoms with E-state index in [0.29, 0.717) is 0 Å². The topological polar surface area (TPSA) is 25.8 Å². The second-order valence-corrected chi connectivity index (χ2v) is 27.3. The van der Waals surface area contributed by atoms with E-state index in [1.54, 1.807) is 0 Å². The molecule has 0 saturated carbocycles. The molecule has 0 radical (unpaired) electrons. The highest BCUT2D eigenvalue weighted by molar-refractivity contribution is 7.31. The quantitative estimate of drug-likeness (QED) is 0.130. The van der Waals surface area contributed by atoms with Crippen LogP contribution in [0.15, 0.2) is 146 Å². The number of hydrogen-bond acceptors (Lipinski definition) is 6. The van der Waals surface area contributed by atoms with Crippen LogP contribution in [0.1, 0.15) is 45.0 Å². The fourth-order valence-electron chi connectivity index (χ4n) is 8.51. The largest absolute Gasteiger partial charge is 0.248 e. The molecule has 324 valence electrons. The molecule has 7 heteroatoms. The van der Waals surface area contributed by atoms with Crippen molar-refractivity contribution < 1.29 is 0 Å². The molecule has 0 amide bonds. The molecule has 4 aromatic carbocycles. The Kier molecular flexibility index (Phi) is 11.3. The first-order valence-corrected chi connectivity index (χ1v) is 29.3. The van der Waals surface area contributed by atoms with E-state index < -0.39 is 8.07 Å². The van der Waals surface area contributed by atoms with Gasteiger partial charge >= 0.3 is 0 Å². The number of nitrogens with zero attached hydrogens (tertiary/aromatic N) is 2. The smallest absolute Gasteiger partial charge is 0.129 e. The number of aromatic nitrogens is 2. The first-order valence-electron chi connectivity index (χ1n) is 22.5. The van der Waals surface area contributed by atoms with Gasteiger partial charge in [0.2, 0.25) is 0 Å². The Morgan fingerprint density at radius 2 is 0.582 bits per heavy atom. The van der Waals surface area contributed by atoms with E-state index in [1.807, 2.05) is 45.3 Å². The van der Waals surface area contributed by atoms with Crippen LogP contribution >= 0.6 is 45.3 Å². The summed E-state index contributed by atoms with van der Waals surface area (Å²) in [7, 11) is -1.53. The molecule has 0 N–H and O–H groups in total. The Hall–Kier alpha value is -6.50. The van der Waals surface area contributed by atoms with Crippen LogP contribution in [-0.2, 0) is 0 Å². The van der Waals surface area contributed by atoms with Gasteiger partial charge in [0, 0.05) is 65.4 Å². The van der Waals surface area contributed by atoms with Crippen LogP contribution in [0.2, 0.25) is 19.6 Å².